The highest BCUT2D eigenvalue weighted by Gasteiger charge is 2.41. The number of anilines is 1. The summed E-state index contributed by atoms with van der Waals surface area (Å²) in [4.78, 5) is 6.45. The van der Waals surface area contributed by atoms with Crippen LogP contribution < -0.4 is 15.5 Å². The zero-order valence-electron chi connectivity index (χ0n) is 14.4. The van der Waals surface area contributed by atoms with Crippen LogP contribution in [0.2, 0.25) is 0 Å². The molecular weight excluding hydrogens is 288 g/mol. The molecule has 0 amide bonds. The van der Waals surface area contributed by atoms with E-state index in [2.05, 4.69) is 58.9 Å². The van der Waals surface area contributed by atoms with Crippen molar-refractivity contribution >= 4 is 11.6 Å². The fourth-order valence-corrected chi connectivity index (χ4v) is 3.45. The molecule has 2 aliphatic rings. The highest BCUT2D eigenvalue weighted by Crippen LogP contribution is 2.34. The maximum absolute atomic E-state index is 5.89. The van der Waals surface area contributed by atoms with Gasteiger partial charge in [-0.3, -0.25) is 4.99 Å². The Labute approximate surface area is 139 Å². The molecule has 2 fully saturated rings. The van der Waals surface area contributed by atoms with Gasteiger partial charge >= 0.3 is 0 Å². The predicted molar refractivity (Wildman–Crippen MR) is 95.3 cm³/mol. The van der Waals surface area contributed by atoms with E-state index >= 15 is 0 Å². The molecule has 2 N–H and O–H groups in total. The van der Waals surface area contributed by atoms with Gasteiger partial charge in [0.15, 0.2) is 5.96 Å². The van der Waals surface area contributed by atoms with Crippen molar-refractivity contribution in [2.45, 2.75) is 43.9 Å². The van der Waals surface area contributed by atoms with E-state index in [4.69, 9.17) is 4.74 Å². The molecule has 3 unspecified atom stereocenters. The molecule has 0 aliphatic carbocycles. The molecule has 0 radical (unpaired) electrons. The molecule has 0 aromatic heterocycles. The van der Waals surface area contributed by atoms with Crippen molar-refractivity contribution in [1.82, 2.24) is 10.6 Å². The van der Waals surface area contributed by atoms with Crippen molar-refractivity contribution in [3.8, 4) is 0 Å². The Bertz CT molecular complexity index is 540. The zero-order valence-corrected chi connectivity index (χ0v) is 14.4. The third-order valence-electron chi connectivity index (χ3n) is 4.81. The summed E-state index contributed by atoms with van der Waals surface area (Å²) < 4.78 is 5.89. The van der Waals surface area contributed by atoms with Crippen LogP contribution in [0.1, 0.15) is 24.8 Å². The minimum absolute atomic E-state index is 0.372. The van der Waals surface area contributed by atoms with Crippen LogP contribution in [0.4, 0.5) is 5.69 Å². The Kier molecular flexibility index (Phi) is 5.06. The second kappa shape index (κ2) is 7.21. The second-order valence-corrected chi connectivity index (χ2v) is 6.67. The normalized spacial score (nSPS) is 26.4. The van der Waals surface area contributed by atoms with E-state index in [1.54, 1.807) is 0 Å². The van der Waals surface area contributed by atoms with E-state index in [1.165, 1.54) is 24.1 Å². The molecule has 0 saturated carbocycles. The van der Waals surface area contributed by atoms with Crippen molar-refractivity contribution in [3.63, 3.8) is 0 Å². The van der Waals surface area contributed by atoms with E-state index in [1.807, 2.05) is 7.05 Å². The lowest BCUT2D eigenvalue weighted by Crippen LogP contribution is -2.47. The SMILES string of the molecule is CN=C(NCCc1ccc(N(C)C)cc1)NC1CC2CCC1O2. The summed E-state index contributed by atoms with van der Waals surface area (Å²) in [5.41, 5.74) is 2.57. The summed E-state index contributed by atoms with van der Waals surface area (Å²) in [6.07, 6.45) is 5.33. The average molecular weight is 316 g/mol. The first-order valence-corrected chi connectivity index (χ1v) is 8.54. The van der Waals surface area contributed by atoms with E-state index in [0.717, 1.165) is 25.3 Å². The van der Waals surface area contributed by atoms with Crippen LogP contribution in [0.5, 0.6) is 0 Å². The number of benzene rings is 1. The fourth-order valence-electron chi connectivity index (χ4n) is 3.45. The van der Waals surface area contributed by atoms with Crippen LogP contribution in [0.3, 0.4) is 0 Å². The molecule has 2 bridgehead atoms. The highest BCUT2D eigenvalue weighted by molar-refractivity contribution is 5.80. The van der Waals surface area contributed by atoms with Crippen LogP contribution in [0.25, 0.3) is 0 Å². The molecule has 1 aromatic carbocycles. The molecule has 3 atom stereocenters. The number of nitrogens with one attached hydrogen (secondary N) is 2. The lowest BCUT2D eigenvalue weighted by Gasteiger charge is -2.22. The topological polar surface area (TPSA) is 48.9 Å². The number of guanidine groups is 1. The molecule has 126 valence electrons. The van der Waals surface area contributed by atoms with Crippen LogP contribution in [-0.4, -0.2) is 51.9 Å². The zero-order chi connectivity index (χ0) is 16.2. The van der Waals surface area contributed by atoms with Crippen LogP contribution >= 0.6 is 0 Å². The first-order valence-electron chi connectivity index (χ1n) is 8.54. The molecule has 5 nitrogen and oxygen atoms in total. The van der Waals surface area contributed by atoms with E-state index in [9.17, 15) is 0 Å². The molecule has 23 heavy (non-hydrogen) atoms. The second-order valence-electron chi connectivity index (χ2n) is 6.67. The number of aliphatic imine (C=N–C) groups is 1. The summed E-state index contributed by atoms with van der Waals surface area (Å²) in [6, 6.07) is 9.12. The minimum atomic E-state index is 0.372. The van der Waals surface area contributed by atoms with E-state index in [0.29, 0.717) is 18.2 Å². The number of hydrogen-bond donors (Lipinski definition) is 2. The molecule has 1 aromatic rings. The molecule has 5 heteroatoms. The van der Waals surface area contributed by atoms with Crippen molar-refractivity contribution in [2.75, 3.05) is 32.6 Å². The Hall–Kier alpha value is -1.75. The van der Waals surface area contributed by atoms with Crippen LogP contribution in [-0.2, 0) is 11.2 Å². The first kappa shape index (κ1) is 16.1. The number of ether oxygens (including phenoxy) is 1. The van der Waals surface area contributed by atoms with Crippen molar-refractivity contribution in [1.29, 1.82) is 0 Å². The molecular formula is C18H28N4O. The number of fused-ring (bicyclic) bond motifs is 2. The largest absolute Gasteiger partial charge is 0.378 e. The van der Waals surface area contributed by atoms with Gasteiger partial charge in [-0.25, -0.2) is 0 Å². The minimum Gasteiger partial charge on any atom is -0.378 e. The molecule has 3 rings (SSSR count). The Morgan fingerprint density at radius 3 is 2.61 bits per heavy atom. The van der Waals surface area contributed by atoms with Crippen LogP contribution in [0, 0.1) is 0 Å². The Balaban J connectivity index is 1.43. The summed E-state index contributed by atoms with van der Waals surface area (Å²) in [6.45, 7) is 0.878. The first-order chi connectivity index (χ1) is 11.2. The molecule has 0 spiro atoms. The summed E-state index contributed by atoms with van der Waals surface area (Å²) in [5, 5.41) is 6.93. The van der Waals surface area contributed by atoms with Crippen molar-refractivity contribution in [3.05, 3.63) is 29.8 Å². The Morgan fingerprint density at radius 1 is 1.26 bits per heavy atom. The maximum atomic E-state index is 5.89. The standard InChI is InChI=1S/C18H28N4O/c1-19-18(21-16-12-15-8-9-17(16)23-15)20-11-10-13-4-6-14(7-5-13)22(2)3/h4-7,15-17H,8-12H2,1-3H3,(H2,19,20,21). The van der Waals surface area contributed by atoms with E-state index < -0.39 is 0 Å². The van der Waals surface area contributed by atoms with Gasteiger partial charge in [-0.15, -0.1) is 0 Å². The van der Waals surface area contributed by atoms with Gasteiger partial charge < -0.3 is 20.3 Å². The lowest BCUT2D eigenvalue weighted by molar-refractivity contribution is 0.0992. The summed E-state index contributed by atoms with van der Waals surface area (Å²) in [5.74, 6) is 0.885. The van der Waals surface area contributed by atoms with Gasteiger partial charge in [-0.2, -0.15) is 0 Å². The van der Waals surface area contributed by atoms with Gasteiger partial charge in [0.05, 0.1) is 18.2 Å². The van der Waals surface area contributed by atoms with Gasteiger partial charge in [0.1, 0.15) is 0 Å². The Morgan fingerprint density at radius 2 is 2.04 bits per heavy atom. The summed E-state index contributed by atoms with van der Waals surface area (Å²) in [7, 11) is 5.95. The fraction of sp³-hybridized carbons (Fsp3) is 0.611. The quantitative estimate of drug-likeness (QED) is 0.642. The van der Waals surface area contributed by atoms with Gasteiger partial charge in [0.2, 0.25) is 0 Å². The van der Waals surface area contributed by atoms with Crippen LogP contribution in [0.15, 0.2) is 29.3 Å². The van der Waals surface area contributed by atoms with Gasteiger partial charge in [0.25, 0.3) is 0 Å². The third kappa shape index (κ3) is 3.96. The molecule has 2 heterocycles. The molecule has 2 saturated heterocycles. The number of nitrogens with zero attached hydrogens (tertiary/aromatic N) is 2. The maximum Gasteiger partial charge on any atom is 0.191 e. The van der Waals surface area contributed by atoms with Gasteiger partial charge in [-0.05, 0) is 43.4 Å². The van der Waals surface area contributed by atoms with Gasteiger partial charge in [0, 0.05) is 33.4 Å². The van der Waals surface area contributed by atoms with Crippen molar-refractivity contribution in [2.24, 2.45) is 4.99 Å². The monoisotopic (exact) mass is 316 g/mol. The smallest absolute Gasteiger partial charge is 0.191 e. The highest BCUT2D eigenvalue weighted by atomic mass is 16.5. The van der Waals surface area contributed by atoms with E-state index in [-0.39, 0.29) is 0 Å². The van der Waals surface area contributed by atoms with Gasteiger partial charge in [-0.1, -0.05) is 12.1 Å². The summed E-state index contributed by atoms with van der Waals surface area (Å²) >= 11 is 0. The van der Waals surface area contributed by atoms with Crippen molar-refractivity contribution < 1.29 is 4.74 Å². The third-order valence-corrected chi connectivity index (χ3v) is 4.81. The number of rotatable bonds is 5. The number of hydrogen-bond acceptors (Lipinski definition) is 3. The lowest BCUT2D eigenvalue weighted by atomic mass is 9.96. The average Bonchev–Trinajstić information content (AvgIpc) is 3.17. The predicted octanol–water partition coefficient (Wildman–Crippen LogP) is 1.78. The molecule has 2 aliphatic heterocycles.